The van der Waals surface area contributed by atoms with Crippen LogP contribution in [0.2, 0.25) is 5.02 Å². The molecular formula is C17H18ClN3O4. The van der Waals surface area contributed by atoms with Crippen molar-refractivity contribution in [2.45, 2.75) is 20.6 Å². The van der Waals surface area contributed by atoms with Gasteiger partial charge in [-0.15, -0.1) is 0 Å². The predicted molar refractivity (Wildman–Crippen MR) is 92.2 cm³/mol. The Kier molecular flexibility index (Phi) is 6.59. The molecule has 1 aromatic heterocycles. The monoisotopic (exact) mass is 363 g/mol. The average Bonchev–Trinajstić information content (AvgIpc) is 3.03. The maximum atomic E-state index is 12.3. The van der Waals surface area contributed by atoms with Gasteiger partial charge >= 0.3 is 5.97 Å². The second-order valence-corrected chi connectivity index (χ2v) is 5.41. The molecule has 1 heterocycles. The van der Waals surface area contributed by atoms with Gasteiger partial charge in [0.2, 0.25) is 0 Å². The Labute approximate surface area is 150 Å². The molecule has 0 saturated carbocycles. The number of hydrogen-bond acceptors (Lipinski definition) is 5. The molecule has 0 aliphatic carbocycles. The van der Waals surface area contributed by atoms with Gasteiger partial charge in [0.05, 0.1) is 6.61 Å². The van der Waals surface area contributed by atoms with Crippen LogP contribution in [-0.4, -0.2) is 28.3 Å². The lowest BCUT2D eigenvalue weighted by Gasteiger charge is -2.10. The molecule has 132 valence electrons. The lowest BCUT2D eigenvalue weighted by molar-refractivity contribution is -0.137. The summed E-state index contributed by atoms with van der Waals surface area (Å²) in [6.07, 6.45) is 2.71. The number of hydrogen-bond donors (Lipinski definition) is 1. The van der Waals surface area contributed by atoms with Gasteiger partial charge in [0, 0.05) is 23.0 Å². The topological polar surface area (TPSA) is 82.5 Å². The van der Waals surface area contributed by atoms with E-state index in [-0.39, 0.29) is 13.3 Å². The van der Waals surface area contributed by atoms with Crippen molar-refractivity contribution in [3.05, 3.63) is 59.0 Å². The molecular weight excluding hydrogens is 346 g/mol. The molecule has 0 unspecified atom stereocenters. The summed E-state index contributed by atoms with van der Waals surface area (Å²) >= 11 is 5.82. The minimum Gasteiger partial charge on any atom is -0.471 e. The highest BCUT2D eigenvalue weighted by molar-refractivity contribution is 6.30. The van der Waals surface area contributed by atoms with Crippen molar-refractivity contribution in [2.75, 3.05) is 6.61 Å². The highest BCUT2D eigenvalue weighted by Gasteiger charge is 2.13. The molecule has 1 aromatic carbocycles. The smallest absolute Gasteiger partial charge is 0.332 e. The largest absolute Gasteiger partial charge is 0.471 e. The fourth-order valence-corrected chi connectivity index (χ4v) is 2.06. The minimum atomic E-state index is -0.514. The van der Waals surface area contributed by atoms with E-state index in [2.05, 4.69) is 10.4 Å². The Morgan fingerprint density at radius 1 is 1.28 bits per heavy atom. The van der Waals surface area contributed by atoms with E-state index in [9.17, 15) is 9.59 Å². The first-order valence-electron chi connectivity index (χ1n) is 7.56. The van der Waals surface area contributed by atoms with E-state index in [4.69, 9.17) is 21.1 Å². The van der Waals surface area contributed by atoms with Crippen molar-refractivity contribution >= 4 is 23.5 Å². The van der Waals surface area contributed by atoms with Gasteiger partial charge in [-0.2, -0.15) is 5.10 Å². The van der Waals surface area contributed by atoms with Gasteiger partial charge in [-0.3, -0.25) is 4.79 Å². The van der Waals surface area contributed by atoms with Crippen molar-refractivity contribution in [3.8, 4) is 5.75 Å². The van der Waals surface area contributed by atoms with Gasteiger partial charge in [-0.1, -0.05) is 11.6 Å². The van der Waals surface area contributed by atoms with Crippen LogP contribution in [0.1, 0.15) is 24.3 Å². The van der Waals surface area contributed by atoms with Gasteiger partial charge in [0.1, 0.15) is 11.4 Å². The number of ether oxygens (including phenoxy) is 2. The first-order valence-corrected chi connectivity index (χ1v) is 7.94. The molecule has 1 N–H and O–H groups in total. The number of allylic oxidation sites excluding steroid dienone is 1. The lowest BCUT2D eigenvalue weighted by Crippen LogP contribution is -2.26. The molecule has 1 amide bonds. The van der Waals surface area contributed by atoms with E-state index in [1.807, 2.05) is 0 Å². The van der Waals surface area contributed by atoms with Crippen LogP contribution in [-0.2, 0) is 16.3 Å². The third-order valence-corrected chi connectivity index (χ3v) is 3.30. The van der Waals surface area contributed by atoms with Crippen LogP contribution in [0.3, 0.4) is 0 Å². The summed E-state index contributed by atoms with van der Waals surface area (Å²) in [5.41, 5.74) is 0.667. The summed E-state index contributed by atoms with van der Waals surface area (Å²) in [6.45, 7) is 3.63. The van der Waals surface area contributed by atoms with Gasteiger partial charge in [0.25, 0.3) is 5.91 Å². The van der Waals surface area contributed by atoms with E-state index < -0.39 is 11.9 Å². The number of benzene rings is 1. The standard InChI is InChI=1S/C17H18ClN3O4/c1-3-24-16(22)10-12(2)20-17(23)15-8-9-19-21(15)11-25-14-6-4-13(18)5-7-14/h4-10H,3,11H2,1-2H3,(H,20,23)/b12-10+. The van der Waals surface area contributed by atoms with Crippen LogP contribution in [0.4, 0.5) is 0 Å². The van der Waals surface area contributed by atoms with E-state index in [1.54, 1.807) is 44.2 Å². The molecule has 0 radical (unpaired) electrons. The van der Waals surface area contributed by atoms with Crippen molar-refractivity contribution in [3.63, 3.8) is 0 Å². The number of rotatable bonds is 7. The fourth-order valence-electron chi connectivity index (χ4n) is 1.93. The predicted octanol–water partition coefficient (Wildman–Crippen LogP) is 2.77. The molecule has 0 saturated heterocycles. The van der Waals surface area contributed by atoms with E-state index in [0.29, 0.717) is 22.2 Å². The number of nitrogens with one attached hydrogen (secondary N) is 1. The number of carbonyl (C=O) groups excluding carboxylic acids is 2. The third-order valence-electron chi connectivity index (χ3n) is 3.05. The summed E-state index contributed by atoms with van der Waals surface area (Å²) in [5, 5.41) is 7.27. The lowest BCUT2D eigenvalue weighted by atomic mass is 10.3. The first-order chi connectivity index (χ1) is 12.0. The van der Waals surface area contributed by atoms with Crippen LogP contribution in [0.5, 0.6) is 5.75 Å². The number of esters is 1. The molecule has 25 heavy (non-hydrogen) atoms. The van der Waals surface area contributed by atoms with Crippen LogP contribution in [0, 0.1) is 0 Å². The van der Waals surface area contributed by atoms with E-state index >= 15 is 0 Å². The third kappa shape index (κ3) is 5.65. The molecule has 0 spiro atoms. The molecule has 0 fully saturated rings. The van der Waals surface area contributed by atoms with Crippen molar-refractivity contribution < 1.29 is 19.1 Å². The Balaban J connectivity index is 1.98. The second kappa shape index (κ2) is 8.89. The van der Waals surface area contributed by atoms with Crippen molar-refractivity contribution in [1.29, 1.82) is 0 Å². The number of aromatic nitrogens is 2. The van der Waals surface area contributed by atoms with E-state index in [0.717, 1.165) is 0 Å². The normalized spacial score (nSPS) is 11.1. The molecule has 0 aliphatic heterocycles. The Morgan fingerprint density at radius 2 is 2.00 bits per heavy atom. The zero-order valence-electron chi connectivity index (χ0n) is 13.9. The molecule has 0 aliphatic rings. The van der Waals surface area contributed by atoms with Gasteiger partial charge in [-0.05, 0) is 44.2 Å². The van der Waals surface area contributed by atoms with Gasteiger partial charge < -0.3 is 14.8 Å². The maximum absolute atomic E-state index is 12.3. The van der Waals surface area contributed by atoms with Crippen LogP contribution < -0.4 is 10.1 Å². The highest BCUT2D eigenvalue weighted by atomic mass is 35.5. The quantitative estimate of drug-likeness (QED) is 0.604. The molecule has 2 rings (SSSR count). The highest BCUT2D eigenvalue weighted by Crippen LogP contribution is 2.16. The van der Waals surface area contributed by atoms with E-state index in [1.165, 1.54) is 17.0 Å². The molecule has 0 atom stereocenters. The maximum Gasteiger partial charge on any atom is 0.332 e. The van der Waals surface area contributed by atoms with Crippen LogP contribution >= 0.6 is 11.6 Å². The summed E-state index contributed by atoms with van der Waals surface area (Å²) in [7, 11) is 0. The summed E-state index contributed by atoms with van der Waals surface area (Å²) < 4.78 is 11.8. The first kappa shape index (κ1) is 18.5. The molecule has 8 heteroatoms. The SMILES string of the molecule is CCOC(=O)/C=C(\C)NC(=O)c1ccnn1COc1ccc(Cl)cc1. The van der Waals surface area contributed by atoms with Gasteiger partial charge in [0.15, 0.2) is 6.73 Å². The Hall–Kier alpha value is -2.80. The zero-order chi connectivity index (χ0) is 18.2. The summed E-state index contributed by atoms with van der Waals surface area (Å²) in [5.74, 6) is -0.320. The number of halogens is 1. The molecule has 0 bridgehead atoms. The Morgan fingerprint density at radius 3 is 2.68 bits per heavy atom. The number of amides is 1. The van der Waals surface area contributed by atoms with Crippen molar-refractivity contribution in [2.24, 2.45) is 0 Å². The van der Waals surface area contributed by atoms with Gasteiger partial charge in [-0.25, -0.2) is 9.48 Å². The number of nitrogens with zero attached hydrogens (tertiary/aromatic N) is 2. The summed E-state index contributed by atoms with van der Waals surface area (Å²) in [4.78, 5) is 23.7. The van der Waals surface area contributed by atoms with Crippen molar-refractivity contribution in [1.82, 2.24) is 15.1 Å². The van der Waals surface area contributed by atoms with Crippen LogP contribution in [0.15, 0.2) is 48.3 Å². The van der Waals surface area contributed by atoms with Crippen LogP contribution in [0.25, 0.3) is 0 Å². The zero-order valence-corrected chi connectivity index (χ0v) is 14.6. The Bertz CT molecular complexity index is 768. The minimum absolute atomic E-state index is 0.0536. The fraction of sp³-hybridized carbons (Fsp3) is 0.235. The summed E-state index contributed by atoms with van der Waals surface area (Å²) in [6, 6.07) is 8.40. The average molecular weight is 364 g/mol. The molecule has 7 nitrogen and oxygen atoms in total. The number of carbonyl (C=O) groups is 2. The molecule has 2 aromatic rings. The second-order valence-electron chi connectivity index (χ2n) is 4.98.